The number of hydrogen-bond donors (Lipinski definition) is 2. The second kappa shape index (κ2) is 8.59. The van der Waals surface area contributed by atoms with Crippen LogP contribution in [0.1, 0.15) is 13.3 Å². The number of benzene rings is 3. The molecule has 192 valence electrons. The lowest BCUT2D eigenvalue weighted by Gasteiger charge is -2.21. The lowest BCUT2D eigenvalue weighted by molar-refractivity contribution is 0.195. The van der Waals surface area contributed by atoms with Crippen molar-refractivity contribution >= 4 is 21.9 Å². The molecule has 2 unspecified atom stereocenters. The van der Waals surface area contributed by atoms with Gasteiger partial charge in [0.05, 0.1) is 30.1 Å². The molecule has 7 rings (SSSR count). The topological polar surface area (TPSA) is 105 Å². The first-order valence-electron chi connectivity index (χ1n) is 12.8. The zero-order chi connectivity index (χ0) is 26.0. The SMILES string of the molecule is COc1ccc(-c2cc3c4nc(c(=O)[nH]c4c2)-c2cccc4c(=O)n([nH]c24)CCN2CC(C[C@H]2C)O3)cc1. The van der Waals surface area contributed by atoms with E-state index in [-0.39, 0.29) is 22.9 Å². The zero-order valence-corrected chi connectivity index (χ0v) is 21.2. The number of nitrogens with one attached hydrogen (secondary N) is 2. The maximum absolute atomic E-state index is 13.4. The predicted molar refractivity (Wildman–Crippen MR) is 146 cm³/mol. The smallest absolute Gasteiger partial charge is 0.275 e. The summed E-state index contributed by atoms with van der Waals surface area (Å²) in [6.45, 7) is 4.17. The highest BCUT2D eigenvalue weighted by molar-refractivity contribution is 5.94. The number of methoxy groups -OCH3 is 1. The van der Waals surface area contributed by atoms with Gasteiger partial charge in [-0.1, -0.05) is 24.3 Å². The van der Waals surface area contributed by atoms with Crippen LogP contribution in [0, 0.1) is 0 Å². The fourth-order valence-electron chi connectivity index (χ4n) is 5.77. The molecule has 6 bridgehead atoms. The monoisotopic (exact) mass is 509 g/mol. The molecule has 3 atom stereocenters. The van der Waals surface area contributed by atoms with Crippen LogP contribution < -0.4 is 20.6 Å². The van der Waals surface area contributed by atoms with Crippen molar-refractivity contribution in [2.45, 2.75) is 32.0 Å². The summed E-state index contributed by atoms with van der Waals surface area (Å²) >= 11 is 0. The van der Waals surface area contributed by atoms with Gasteiger partial charge in [-0.3, -0.25) is 24.3 Å². The fraction of sp³-hybridized carbons (Fsp3) is 0.276. The van der Waals surface area contributed by atoms with Crippen molar-refractivity contribution in [3.05, 3.63) is 75.3 Å². The highest BCUT2D eigenvalue weighted by atomic mass is 16.5. The molecule has 0 amide bonds. The first kappa shape index (κ1) is 22.8. The highest BCUT2D eigenvalue weighted by Gasteiger charge is 2.31. The molecule has 9 heteroatoms. The van der Waals surface area contributed by atoms with Crippen molar-refractivity contribution in [1.82, 2.24) is 24.6 Å². The maximum atomic E-state index is 13.4. The van der Waals surface area contributed by atoms with Crippen LogP contribution in [0.3, 0.4) is 0 Å². The average Bonchev–Trinajstić information content (AvgIpc) is 3.44. The van der Waals surface area contributed by atoms with Crippen LogP contribution in [-0.2, 0) is 6.54 Å². The van der Waals surface area contributed by atoms with Crippen molar-refractivity contribution in [2.24, 2.45) is 0 Å². The van der Waals surface area contributed by atoms with E-state index in [1.165, 1.54) is 0 Å². The number of nitrogens with zero attached hydrogens (tertiary/aromatic N) is 3. The minimum absolute atomic E-state index is 0.0433. The van der Waals surface area contributed by atoms with Gasteiger partial charge in [-0.05, 0) is 48.4 Å². The van der Waals surface area contributed by atoms with Crippen LogP contribution in [0.25, 0.3) is 44.3 Å². The largest absolute Gasteiger partial charge is 0.497 e. The number of H-pyrrole nitrogens is 2. The van der Waals surface area contributed by atoms with Gasteiger partial charge in [0.2, 0.25) is 0 Å². The van der Waals surface area contributed by atoms with Crippen molar-refractivity contribution in [1.29, 1.82) is 0 Å². The quantitative estimate of drug-likeness (QED) is 0.375. The lowest BCUT2D eigenvalue weighted by atomic mass is 10.0. The van der Waals surface area contributed by atoms with Crippen molar-refractivity contribution in [3.8, 4) is 33.9 Å². The van der Waals surface area contributed by atoms with Gasteiger partial charge in [0, 0.05) is 31.1 Å². The van der Waals surface area contributed by atoms with Gasteiger partial charge in [-0.2, -0.15) is 0 Å². The molecule has 38 heavy (non-hydrogen) atoms. The standard InChI is InChI=1S/C29H27N5O4/c1-16-12-20-15-33(16)10-11-34-29(36)22-5-3-4-21(25(22)32-34)26-28(35)30-23-13-18(14-24(38-20)27(23)31-26)17-6-8-19(37-2)9-7-17/h3-9,13-14,16,20,32H,10-12,15H2,1-2H3,(H,30,35)/t16-,20?/m1/s1. The molecule has 3 aromatic carbocycles. The third-order valence-corrected chi connectivity index (χ3v) is 7.80. The number of aromatic amines is 2. The van der Waals surface area contributed by atoms with Crippen LogP contribution in [0.15, 0.2) is 64.2 Å². The predicted octanol–water partition coefficient (Wildman–Crippen LogP) is 3.76. The second-order valence-electron chi connectivity index (χ2n) is 10.1. The molecule has 2 aliphatic rings. The second-order valence-corrected chi connectivity index (χ2v) is 10.1. The summed E-state index contributed by atoms with van der Waals surface area (Å²) in [6, 6.07) is 17.4. The maximum Gasteiger partial charge on any atom is 0.275 e. The van der Waals surface area contributed by atoms with Crippen LogP contribution in [0.2, 0.25) is 0 Å². The highest BCUT2D eigenvalue weighted by Crippen LogP contribution is 2.35. The molecule has 1 fully saturated rings. The van der Waals surface area contributed by atoms with E-state index in [9.17, 15) is 9.59 Å². The molecule has 4 heterocycles. The number of hydrogen-bond acceptors (Lipinski definition) is 6. The Morgan fingerprint density at radius 1 is 1.05 bits per heavy atom. The van der Waals surface area contributed by atoms with Gasteiger partial charge >= 0.3 is 0 Å². The van der Waals surface area contributed by atoms with E-state index in [4.69, 9.17) is 14.5 Å². The van der Waals surface area contributed by atoms with Crippen LogP contribution in [-0.4, -0.2) is 57.0 Å². The molecular formula is C29H27N5O4. The first-order valence-corrected chi connectivity index (χ1v) is 12.8. The third-order valence-electron chi connectivity index (χ3n) is 7.80. The van der Waals surface area contributed by atoms with E-state index in [0.717, 1.165) is 29.8 Å². The van der Waals surface area contributed by atoms with Crippen molar-refractivity contribution in [3.63, 3.8) is 0 Å². The summed E-state index contributed by atoms with van der Waals surface area (Å²) in [5, 5.41) is 3.79. The molecule has 2 aliphatic heterocycles. The Bertz CT molecular complexity index is 1820. The molecule has 5 aromatic rings. The summed E-state index contributed by atoms with van der Waals surface area (Å²) in [4.78, 5) is 36.8. The van der Waals surface area contributed by atoms with Crippen LogP contribution in [0.5, 0.6) is 11.5 Å². The van der Waals surface area contributed by atoms with Crippen molar-refractivity contribution < 1.29 is 9.47 Å². The summed E-state index contributed by atoms with van der Waals surface area (Å²) < 4.78 is 13.6. The van der Waals surface area contributed by atoms with Crippen LogP contribution >= 0.6 is 0 Å². The average molecular weight is 510 g/mol. The van der Waals surface area contributed by atoms with Gasteiger partial charge in [0.25, 0.3) is 11.1 Å². The van der Waals surface area contributed by atoms with E-state index in [0.29, 0.717) is 52.4 Å². The summed E-state index contributed by atoms with van der Waals surface area (Å²) in [5.74, 6) is 1.40. The number of ether oxygens (including phenoxy) is 2. The number of rotatable bonds is 2. The molecule has 2 N–H and O–H groups in total. The number of aromatic nitrogens is 4. The first-order chi connectivity index (χ1) is 18.5. The van der Waals surface area contributed by atoms with E-state index in [1.807, 2.05) is 42.5 Å². The molecule has 0 spiro atoms. The minimum atomic E-state index is -0.329. The lowest BCUT2D eigenvalue weighted by Crippen LogP contribution is -2.33. The van der Waals surface area contributed by atoms with Crippen molar-refractivity contribution in [2.75, 3.05) is 20.2 Å². The van der Waals surface area contributed by atoms with Gasteiger partial charge in [-0.15, -0.1) is 0 Å². The van der Waals surface area contributed by atoms with Gasteiger partial charge in [0.15, 0.2) is 0 Å². The Kier molecular flexibility index (Phi) is 5.16. The Morgan fingerprint density at radius 2 is 1.89 bits per heavy atom. The fourth-order valence-corrected chi connectivity index (χ4v) is 5.77. The zero-order valence-electron chi connectivity index (χ0n) is 21.2. The Balaban J connectivity index is 1.48. The Labute approximate surface area is 217 Å². The molecule has 0 aliphatic carbocycles. The minimum Gasteiger partial charge on any atom is -0.497 e. The molecule has 1 saturated heterocycles. The Morgan fingerprint density at radius 3 is 2.71 bits per heavy atom. The summed E-state index contributed by atoms with van der Waals surface area (Å²) in [5.41, 5.74) is 4.07. The molecule has 0 saturated carbocycles. The summed E-state index contributed by atoms with van der Waals surface area (Å²) in [6.07, 6.45) is 0.812. The number of fused-ring (bicyclic) bond motifs is 5. The summed E-state index contributed by atoms with van der Waals surface area (Å²) in [7, 11) is 1.64. The van der Waals surface area contributed by atoms with E-state index >= 15 is 0 Å². The van der Waals surface area contributed by atoms with Crippen LogP contribution in [0.4, 0.5) is 0 Å². The van der Waals surface area contributed by atoms with E-state index in [2.05, 4.69) is 21.9 Å². The van der Waals surface area contributed by atoms with E-state index in [1.54, 1.807) is 23.9 Å². The Hall–Kier alpha value is -4.37. The van der Waals surface area contributed by atoms with Gasteiger partial charge < -0.3 is 14.5 Å². The van der Waals surface area contributed by atoms with Gasteiger partial charge in [-0.25, -0.2) is 4.98 Å². The molecule has 2 aromatic heterocycles. The van der Waals surface area contributed by atoms with Gasteiger partial charge in [0.1, 0.15) is 28.8 Å². The normalized spacial score (nSPS) is 20.6. The molecular weight excluding hydrogens is 482 g/mol. The number of para-hydroxylation sites is 1. The molecule has 9 nitrogen and oxygen atoms in total. The third kappa shape index (κ3) is 3.61. The molecule has 0 radical (unpaired) electrons. The van der Waals surface area contributed by atoms with E-state index < -0.39 is 0 Å².